The number of likely N-dealkylation sites (N-methyl/N-ethyl adjacent to an activating group) is 1. The van der Waals surface area contributed by atoms with Crippen molar-refractivity contribution in [3.05, 3.63) is 52.7 Å². The van der Waals surface area contributed by atoms with Gasteiger partial charge in [-0.1, -0.05) is 42.1 Å². The third-order valence-electron chi connectivity index (χ3n) is 4.27. The monoisotopic (exact) mass is 415 g/mol. The Labute approximate surface area is 171 Å². The number of carbonyl (C=O) groups excluding carboxylic acids is 2. The fourth-order valence-electron chi connectivity index (χ4n) is 2.68. The van der Waals surface area contributed by atoms with E-state index in [0.717, 1.165) is 20.8 Å². The summed E-state index contributed by atoms with van der Waals surface area (Å²) < 4.78 is 5.54. The van der Waals surface area contributed by atoms with Crippen molar-refractivity contribution in [1.29, 1.82) is 0 Å². The molecule has 8 heteroatoms. The van der Waals surface area contributed by atoms with Gasteiger partial charge in [0.25, 0.3) is 5.91 Å². The molecular formula is C20H21N3O3S2. The molecule has 1 atom stereocenters. The maximum absolute atomic E-state index is 12.5. The van der Waals surface area contributed by atoms with Crippen LogP contribution in [0.15, 0.2) is 41.7 Å². The molecule has 0 saturated carbocycles. The minimum absolute atomic E-state index is 0.0600. The van der Waals surface area contributed by atoms with Gasteiger partial charge < -0.3 is 9.64 Å². The number of hydrogen-bond donors (Lipinski definition) is 0. The lowest BCUT2D eigenvalue weighted by Crippen LogP contribution is -2.31. The summed E-state index contributed by atoms with van der Waals surface area (Å²) in [5.74, 6) is -0.687. The molecule has 1 aromatic carbocycles. The van der Waals surface area contributed by atoms with Gasteiger partial charge in [-0.2, -0.15) is 0 Å². The highest BCUT2D eigenvalue weighted by molar-refractivity contribution is 8.00. The van der Waals surface area contributed by atoms with E-state index >= 15 is 0 Å². The van der Waals surface area contributed by atoms with Crippen LogP contribution in [0, 0.1) is 13.8 Å². The number of thiophene rings is 1. The van der Waals surface area contributed by atoms with E-state index in [-0.39, 0.29) is 11.7 Å². The maximum Gasteiger partial charge on any atom is 0.317 e. The highest BCUT2D eigenvalue weighted by atomic mass is 32.2. The highest BCUT2D eigenvalue weighted by Crippen LogP contribution is 2.34. The number of thioether (sulfide) groups is 1. The van der Waals surface area contributed by atoms with E-state index in [2.05, 4.69) is 9.97 Å². The summed E-state index contributed by atoms with van der Waals surface area (Å²) in [6, 6.07) is 9.03. The van der Waals surface area contributed by atoms with Crippen molar-refractivity contribution >= 4 is 45.2 Å². The number of nitrogens with zero attached hydrogens (tertiary/aromatic N) is 3. The van der Waals surface area contributed by atoms with Crippen molar-refractivity contribution in [2.24, 2.45) is 0 Å². The van der Waals surface area contributed by atoms with Gasteiger partial charge in [0.05, 0.1) is 5.75 Å². The fraction of sp³-hybridized carbons (Fsp3) is 0.300. The van der Waals surface area contributed by atoms with E-state index in [1.807, 2.05) is 32.0 Å². The van der Waals surface area contributed by atoms with Gasteiger partial charge in [0, 0.05) is 29.9 Å². The standard InChI is InChI=1S/C20H21N3O3S2/c1-12-13(2)28-19-16(12)18(21-11-22-19)27-10-15(24)26-17(20(25)23(3)4)14-8-6-5-7-9-14/h5-9,11,17H,10H2,1-4H3/t17-/m0/s1. The number of carbonyl (C=O) groups is 2. The molecule has 6 nitrogen and oxygen atoms in total. The lowest BCUT2D eigenvalue weighted by atomic mass is 10.1. The Hall–Kier alpha value is -2.45. The summed E-state index contributed by atoms with van der Waals surface area (Å²) >= 11 is 2.91. The molecule has 2 heterocycles. The van der Waals surface area contributed by atoms with Crippen LogP contribution in [-0.4, -0.2) is 46.6 Å². The lowest BCUT2D eigenvalue weighted by molar-refractivity contribution is -0.157. The van der Waals surface area contributed by atoms with Crippen LogP contribution in [0.2, 0.25) is 0 Å². The summed E-state index contributed by atoms with van der Waals surface area (Å²) in [6.07, 6.45) is 0.549. The fourth-order valence-corrected chi connectivity index (χ4v) is 4.58. The van der Waals surface area contributed by atoms with Crippen LogP contribution in [0.25, 0.3) is 10.2 Å². The molecule has 3 aromatic rings. The number of aromatic nitrogens is 2. The van der Waals surface area contributed by atoms with Crippen LogP contribution in [0.3, 0.4) is 0 Å². The Morgan fingerprint density at radius 1 is 1.18 bits per heavy atom. The molecule has 0 fully saturated rings. The number of hydrogen-bond acceptors (Lipinski definition) is 7. The van der Waals surface area contributed by atoms with E-state index in [1.54, 1.807) is 37.6 Å². The third kappa shape index (κ3) is 4.34. The Balaban J connectivity index is 1.75. The molecule has 0 bridgehead atoms. The number of benzene rings is 1. The zero-order valence-corrected chi connectivity index (χ0v) is 17.8. The van der Waals surface area contributed by atoms with Crippen molar-refractivity contribution < 1.29 is 14.3 Å². The number of esters is 1. The van der Waals surface area contributed by atoms with Gasteiger partial charge in [0.2, 0.25) is 6.10 Å². The van der Waals surface area contributed by atoms with Crippen LogP contribution in [0.4, 0.5) is 0 Å². The molecule has 1 amide bonds. The first-order valence-electron chi connectivity index (χ1n) is 8.67. The third-order valence-corrected chi connectivity index (χ3v) is 6.35. The smallest absolute Gasteiger partial charge is 0.317 e. The molecule has 146 valence electrons. The van der Waals surface area contributed by atoms with Crippen molar-refractivity contribution in [2.75, 3.05) is 19.8 Å². The first kappa shape index (κ1) is 20.3. The minimum atomic E-state index is -0.958. The summed E-state index contributed by atoms with van der Waals surface area (Å²) in [6.45, 7) is 4.07. The van der Waals surface area contributed by atoms with Crippen LogP contribution in [0.5, 0.6) is 0 Å². The van der Waals surface area contributed by atoms with Gasteiger partial charge in [0.15, 0.2) is 0 Å². The van der Waals surface area contributed by atoms with Crippen molar-refractivity contribution in [2.45, 2.75) is 25.0 Å². The van der Waals surface area contributed by atoms with E-state index in [9.17, 15) is 9.59 Å². The average Bonchev–Trinajstić information content (AvgIpc) is 2.99. The topological polar surface area (TPSA) is 72.4 Å². The summed E-state index contributed by atoms with van der Waals surface area (Å²) in [5, 5.41) is 1.73. The van der Waals surface area contributed by atoms with Crippen molar-refractivity contribution in [3.63, 3.8) is 0 Å². The number of amides is 1. The molecule has 0 saturated heterocycles. The Morgan fingerprint density at radius 2 is 1.89 bits per heavy atom. The van der Waals surface area contributed by atoms with Gasteiger partial charge >= 0.3 is 5.97 Å². The lowest BCUT2D eigenvalue weighted by Gasteiger charge is -2.21. The molecule has 0 N–H and O–H groups in total. The molecule has 0 aliphatic heterocycles. The number of ether oxygens (including phenoxy) is 1. The first-order valence-corrected chi connectivity index (χ1v) is 10.5. The number of aryl methyl sites for hydroxylation is 2. The van der Waals surface area contributed by atoms with Crippen LogP contribution in [-0.2, 0) is 14.3 Å². The van der Waals surface area contributed by atoms with Gasteiger partial charge in [-0.15, -0.1) is 11.3 Å². The van der Waals surface area contributed by atoms with Gasteiger partial charge in [-0.3, -0.25) is 9.59 Å². The average molecular weight is 416 g/mol. The highest BCUT2D eigenvalue weighted by Gasteiger charge is 2.26. The van der Waals surface area contributed by atoms with Crippen LogP contribution in [0.1, 0.15) is 22.1 Å². The molecule has 28 heavy (non-hydrogen) atoms. The molecule has 0 radical (unpaired) electrons. The number of fused-ring (bicyclic) bond motifs is 1. The minimum Gasteiger partial charge on any atom is -0.447 e. The molecule has 2 aromatic heterocycles. The molecular weight excluding hydrogens is 394 g/mol. The SMILES string of the molecule is Cc1sc2ncnc(SCC(=O)O[C@H](C(=O)N(C)C)c3ccccc3)c2c1C. The predicted octanol–water partition coefficient (Wildman–Crippen LogP) is 3.77. The Kier molecular flexibility index (Phi) is 6.31. The summed E-state index contributed by atoms with van der Waals surface area (Å²) in [4.78, 5) is 37.1. The van der Waals surface area contributed by atoms with Gasteiger partial charge in [-0.25, -0.2) is 9.97 Å². The molecule has 0 aliphatic carbocycles. The Bertz CT molecular complexity index is 1000. The normalized spacial score (nSPS) is 12.0. The zero-order valence-electron chi connectivity index (χ0n) is 16.1. The first-order chi connectivity index (χ1) is 13.4. The molecule has 0 aliphatic rings. The second-order valence-corrected chi connectivity index (χ2v) is 8.61. The molecule has 0 unspecified atom stereocenters. The van der Waals surface area contributed by atoms with Crippen molar-refractivity contribution in [1.82, 2.24) is 14.9 Å². The van der Waals surface area contributed by atoms with E-state index in [0.29, 0.717) is 5.56 Å². The summed E-state index contributed by atoms with van der Waals surface area (Å²) in [7, 11) is 3.28. The Morgan fingerprint density at radius 3 is 2.57 bits per heavy atom. The molecule has 3 rings (SSSR count). The second kappa shape index (κ2) is 8.70. The zero-order chi connectivity index (χ0) is 20.3. The van der Waals surface area contributed by atoms with E-state index < -0.39 is 12.1 Å². The quantitative estimate of drug-likeness (QED) is 0.347. The largest absolute Gasteiger partial charge is 0.447 e. The second-order valence-electron chi connectivity index (χ2n) is 6.44. The maximum atomic E-state index is 12.5. The van der Waals surface area contributed by atoms with Crippen LogP contribution >= 0.6 is 23.1 Å². The summed E-state index contributed by atoms with van der Waals surface area (Å²) in [5.41, 5.74) is 1.77. The van der Waals surface area contributed by atoms with Gasteiger partial charge in [0.1, 0.15) is 16.2 Å². The van der Waals surface area contributed by atoms with Crippen molar-refractivity contribution in [3.8, 4) is 0 Å². The van der Waals surface area contributed by atoms with Gasteiger partial charge in [-0.05, 0) is 19.4 Å². The van der Waals surface area contributed by atoms with E-state index in [4.69, 9.17) is 4.74 Å². The molecule has 0 spiro atoms. The predicted molar refractivity (Wildman–Crippen MR) is 112 cm³/mol. The van der Waals surface area contributed by atoms with Crippen LogP contribution < -0.4 is 0 Å². The number of rotatable bonds is 6. The van der Waals surface area contributed by atoms with E-state index in [1.165, 1.54) is 27.9 Å².